The van der Waals surface area contributed by atoms with Crippen LogP contribution in [0.5, 0.6) is 0 Å². The zero-order chi connectivity index (χ0) is 56.5. The molecule has 0 N–H and O–H groups in total. The van der Waals surface area contributed by atoms with Crippen molar-refractivity contribution < 1.29 is 0 Å². The lowest BCUT2D eigenvalue weighted by atomic mass is 9.80. The Bertz CT molecular complexity index is 4830. The maximum Gasteiger partial charge on any atom is 0.160 e. The summed E-state index contributed by atoms with van der Waals surface area (Å²) < 4.78 is 2.56. The lowest BCUT2D eigenvalue weighted by Gasteiger charge is -2.24. The normalized spacial score (nSPS) is 11.3. The standard InChI is InChI=1S/C82H55N3/c1-8-26-56(27-9-1)63-40-22-41-64(50-63)65-42-23-43-66(51-65)68-45-25-47-71(53-68)85-75-54-69(67-44-24-46-70(52-67)82-83-73(57-28-10-2-11-29-57)55-74(84-82)58-30-12-3-13-31-58)48-49-72(75)80-78(61-36-18-6-19-37-61)76(59-32-14-4-15-33-59)77(60-34-16-5-17-35-60)79(81(80)85)62-38-20-7-21-39-62/h1-55H. The van der Waals surface area contributed by atoms with Crippen LogP contribution in [-0.4, -0.2) is 14.5 Å². The van der Waals surface area contributed by atoms with Gasteiger partial charge in [-0.15, -0.1) is 0 Å². The van der Waals surface area contributed by atoms with E-state index in [0.717, 1.165) is 106 Å². The van der Waals surface area contributed by atoms with Gasteiger partial charge in [0.25, 0.3) is 0 Å². The third kappa shape index (κ3) is 9.70. The van der Waals surface area contributed by atoms with Crippen molar-refractivity contribution in [1.29, 1.82) is 0 Å². The Morgan fingerprint density at radius 3 is 1.01 bits per heavy atom. The molecule has 0 unspecified atom stereocenters. The van der Waals surface area contributed by atoms with E-state index in [0.29, 0.717) is 5.82 Å². The smallest absolute Gasteiger partial charge is 0.160 e. The molecule has 0 radical (unpaired) electrons. The molecule has 0 aliphatic rings. The van der Waals surface area contributed by atoms with Crippen LogP contribution < -0.4 is 0 Å². The van der Waals surface area contributed by atoms with Crippen molar-refractivity contribution in [1.82, 2.24) is 14.5 Å². The predicted octanol–water partition coefficient (Wildman–Crippen LogP) is 21.9. The Morgan fingerprint density at radius 1 is 0.212 bits per heavy atom. The summed E-state index contributed by atoms with van der Waals surface area (Å²) in [5.74, 6) is 0.670. The van der Waals surface area contributed by atoms with Gasteiger partial charge in [0.15, 0.2) is 5.82 Å². The van der Waals surface area contributed by atoms with Crippen LogP contribution in [0.2, 0.25) is 0 Å². The topological polar surface area (TPSA) is 30.7 Å². The van der Waals surface area contributed by atoms with Gasteiger partial charge in [0.2, 0.25) is 0 Å². The zero-order valence-electron chi connectivity index (χ0n) is 46.6. The average Bonchev–Trinajstić information content (AvgIpc) is 1.74. The number of benzene rings is 13. The van der Waals surface area contributed by atoms with Crippen molar-refractivity contribution >= 4 is 21.8 Å². The molecule has 85 heavy (non-hydrogen) atoms. The first-order valence-electron chi connectivity index (χ1n) is 29.0. The first-order valence-corrected chi connectivity index (χ1v) is 29.0. The Labute approximate surface area is 495 Å². The van der Waals surface area contributed by atoms with Crippen LogP contribution in [0.4, 0.5) is 0 Å². The molecule has 0 saturated heterocycles. The van der Waals surface area contributed by atoms with Gasteiger partial charge in [-0.25, -0.2) is 9.97 Å². The van der Waals surface area contributed by atoms with Gasteiger partial charge in [-0.2, -0.15) is 0 Å². The van der Waals surface area contributed by atoms with Crippen molar-refractivity contribution in [2.75, 3.05) is 0 Å². The summed E-state index contributed by atoms with van der Waals surface area (Å²) in [6.45, 7) is 0. The molecule has 3 heteroatoms. The second kappa shape index (κ2) is 22.2. The largest absolute Gasteiger partial charge is 0.309 e. The van der Waals surface area contributed by atoms with E-state index in [2.05, 4.69) is 326 Å². The molecule has 13 aromatic carbocycles. The van der Waals surface area contributed by atoms with Crippen LogP contribution >= 0.6 is 0 Å². The summed E-state index contributed by atoms with van der Waals surface area (Å²) in [5, 5.41) is 2.34. The molecular formula is C82H55N3. The first kappa shape index (κ1) is 50.7. The number of fused-ring (bicyclic) bond motifs is 3. The molecule has 0 atom stereocenters. The highest BCUT2D eigenvalue weighted by Gasteiger charge is 2.29. The summed E-state index contributed by atoms with van der Waals surface area (Å²) in [6.07, 6.45) is 0. The highest BCUT2D eigenvalue weighted by Crippen LogP contribution is 2.54. The monoisotopic (exact) mass is 1080 g/mol. The van der Waals surface area contributed by atoms with E-state index in [1.165, 1.54) is 38.8 Å². The van der Waals surface area contributed by atoms with Gasteiger partial charge in [0.05, 0.1) is 22.4 Å². The van der Waals surface area contributed by atoms with E-state index in [-0.39, 0.29) is 0 Å². The van der Waals surface area contributed by atoms with Gasteiger partial charge in [0.1, 0.15) is 0 Å². The van der Waals surface area contributed by atoms with Crippen LogP contribution in [-0.2, 0) is 0 Å². The van der Waals surface area contributed by atoms with Gasteiger partial charge in [0, 0.05) is 49.8 Å². The van der Waals surface area contributed by atoms with Crippen LogP contribution in [0.3, 0.4) is 0 Å². The van der Waals surface area contributed by atoms with E-state index < -0.39 is 0 Å². The molecule has 0 amide bonds. The molecule has 3 nitrogen and oxygen atoms in total. The van der Waals surface area contributed by atoms with E-state index in [4.69, 9.17) is 9.97 Å². The Hall–Kier alpha value is -11.3. The van der Waals surface area contributed by atoms with Crippen molar-refractivity contribution in [3.8, 4) is 129 Å². The Morgan fingerprint density at radius 2 is 0.541 bits per heavy atom. The van der Waals surface area contributed by atoms with Crippen molar-refractivity contribution in [3.63, 3.8) is 0 Å². The lowest BCUT2D eigenvalue weighted by Crippen LogP contribution is -2.01. The van der Waals surface area contributed by atoms with E-state index in [1.807, 2.05) is 12.1 Å². The third-order valence-electron chi connectivity index (χ3n) is 16.4. The number of nitrogens with zero attached hydrogens (tertiary/aromatic N) is 3. The summed E-state index contributed by atoms with van der Waals surface area (Å²) in [7, 11) is 0. The fourth-order valence-corrected chi connectivity index (χ4v) is 12.4. The molecule has 2 heterocycles. The predicted molar refractivity (Wildman–Crippen MR) is 356 cm³/mol. The third-order valence-corrected chi connectivity index (χ3v) is 16.4. The highest BCUT2D eigenvalue weighted by atomic mass is 15.0. The van der Waals surface area contributed by atoms with Gasteiger partial charge in [-0.05, 0) is 115 Å². The second-order valence-electron chi connectivity index (χ2n) is 21.6. The molecule has 0 fully saturated rings. The van der Waals surface area contributed by atoms with Crippen LogP contribution in [0, 0.1) is 0 Å². The van der Waals surface area contributed by atoms with E-state index in [1.54, 1.807) is 0 Å². The number of rotatable bonds is 12. The number of hydrogen-bond donors (Lipinski definition) is 0. The Balaban J connectivity index is 1.01. The zero-order valence-corrected chi connectivity index (χ0v) is 46.6. The van der Waals surface area contributed by atoms with Gasteiger partial charge >= 0.3 is 0 Å². The highest BCUT2D eigenvalue weighted by molar-refractivity contribution is 6.26. The molecule has 0 aliphatic heterocycles. The second-order valence-corrected chi connectivity index (χ2v) is 21.6. The van der Waals surface area contributed by atoms with Crippen molar-refractivity contribution in [2.45, 2.75) is 0 Å². The minimum atomic E-state index is 0.670. The average molecular weight is 1080 g/mol. The molecule has 0 aliphatic carbocycles. The molecule has 0 spiro atoms. The van der Waals surface area contributed by atoms with Crippen molar-refractivity contribution in [3.05, 3.63) is 334 Å². The summed E-state index contributed by atoms with van der Waals surface area (Å²) in [4.78, 5) is 10.5. The first-order chi connectivity index (χ1) is 42.2. The molecule has 398 valence electrons. The van der Waals surface area contributed by atoms with E-state index in [9.17, 15) is 0 Å². The summed E-state index contributed by atoms with van der Waals surface area (Å²) in [6, 6.07) is 120. The van der Waals surface area contributed by atoms with E-state index >= 15 is 0 Å². The minimum Gasteiger partial charge on any atom is -0.309 e. The fraction of sp³-hybridized carbons (Fsp3) is 0. The molecule has 0 bridgehead atoms. The van der Waals surface area contributed by atoms with Gasteiger partial charge in [-0.1, -0.05) is 291 Å². The van der Waals surface area contributed by atoms with Crippen LogP contribution in [0.25, 0.3) is 150 Å². The van der Waals surface area contributed by atoms with Crippen LogP contribution in [0.1, 0.15) is 0 Å². The van der Waals surface area contributed by atoms with Crippen LogP contribution in [0.15, 0.2) is 334 Å². The molecule has 15 rings (SSSR count). The maximum atomic E-state index is 5.27. The maximum absolute atomic E-state index is 5.27. The number of hydrogen-bond acceptors (Lipinski definition) is 2. The lowest BCUT2D eigenvalue weighted by molar-refractivity contribution is 1.18. The molecule has 2 aromatic heterocycles. The summed E-state index contributed by atoms with van der Waals surface area (Å²) in [5.41, 5.74) is 26.5. The molecular weight excluding hydrogens is 1030 g/mol. The van der Waals surface area contributed by atoms with Crippen molar-refractivity contribution in [2.24, 2.45) is 0 Å². The van der Waals surface area contributed by atoms with Gasteiger partial charge < -0.3 is 4.57 Å². The SMILES string of the molecule is c1ccc(-c2cccc(-c3cccc(-c4cccc(-n5c6cc(-c7cccc(-c8nc(-c9ccccc9)cc(-c9ccccc9)n8)c7)ccc6c6c(-c7ccccc7)c(-c7ccccc7)c(-c7ccccc7)c(-c7ccccc7)c65)c4)c3)c2)cc1. The quantitative estimate of drug-likeness (QED) is 0.122. The number of aromatic nitrogens is 3. The summed E-state index contributed by atoms with van der Waals surface area (Å²) >= 11 is 0. The Kier molecular flexibility index (Phi) is 13.3. The minimum absolute atomic E-state index is 0.670. The fourth-order valence-electron chi connectivity index (χ4n) is 12.4. The molecule has 15 aromatic rings. The molecule has 0 saturated carbocycles. The van der Waals surface area contributed by atoms with Gasteiger partial charge in [-0.3, -0.25) is 0 Å².